The standard InChI is InChI=1S/C21H19ClN2O3S2/c1-3-4-16-9-15(11-23-24-19(25)13-29-21(24)28)10-18(26-2)20(16)27-12-14-5-7-17(22)8-6-14/h3,5-11H,1,4,12-13H2,2H3/b23-11-. The van der Waals surface area contributed by atoms with Crippen LogP contribution in [-0.4, -0.2) is 34.3 Å². The van der Waals surface area contributed by atoms with Gasteiger partial charge in [0.25, 0.3) is 5.91 Å². The van der Waals surface area contributed by atoms with E-state index in [9.17, 15) is 4.79 Å². The van der Waals surface area contributed by atoms with Crippen molar-refractivity contribution in [1.82, 2.24) is 5.01 Å². The number of hydrazone groups is 1. The Morgan fingerprint density at radius 3 is 2.72 bits per heavy atom. The van der Waals surface area contributed by atoms with Crippen LogP contribution in [0.3, 0.4) is 0 Å². The lowest BCUT2D eigenvalue weighted by atomic mass is 10.1. The monoisotopic (exact) mass is 446 g/mol. The summed E-state index contributed by atoms with van der Waals surface area (Å²) in [6.45, 7) is 4.20. The molecule has 2 aromatic rings. The molecule has 1 fully saturated rings. The van der Waals surface area contributed by atoms with Gasteiger partial charge in [0.05, 0.1) is 19.1 Å². The number of thioether (sulfide) groups is 1. The van der Waals surface area contributed by atoms with Gasteiger partial charge >= 0.3 is 0 Å². The maximum absolute atomic E-state index is 11.8. The lowest BCUT2D eigenvalue weighted by molar-refractivity contribution is -0.123. The third-order valence-corrected chi connectivity index (χ3v) is 5.67. The highest BCUT2D eigenvalue weighted by Crippen LogP contribution is 2.34. The second-order valence-electron chi connectivity index (χ2n) is 6.12. The molecule has 1 aliphatic rings. The molecular formula is C21H19ClN2O3S2. The van der Waals surface area contributed by atoms with E-state index in [4.69, 9.17) is 33.3 Å². The van der Waals surface area contributed by atoms with E-state index in [0.717, 1.165) is 16.7 Å². The minimum atomic E-state index is -0.127. The van der Waals surface area contributed by atoms with Gasteiger partial charge in [0.1, 0.15) is 6.61 Å². The Labute approximate surface area is 184 Å². The summed E-state index contributed by atoms with van der Waals surface area (Å²) in [5, 5.41) is 6.14. The molecule has 1 heterocycles. The molecule has 0 aliphatic carbocycles. The number of carbonyl (C=O) groups excluding carboxylic acids is 1. The number of methoxy groups -OCH3 is 1. The van der Waals surface area contributed by atoms with Crippen molar-refractivity contribution >= 4 is 52.0 Å². The van der Waals surface area contributed by atoms with Crippen molar-refractivity contribution in [1.29, 1.82) is 0 Å². The van der Waals surface area contributed by atoms with Crippen molar-refractivity contribution in [2.24, 2.45) is 5.10 Å². The van der Waals surface area contributed by atoms with E-state index in [1.165, 1.54) is 16.8 Å². The Bertz CT molecular complexity index is 945. The van der Waals surface area contributed by atoms with E-state index < -0.39 is 0 Å². The molecule has 0 N–H and O–H groups in total. The van der Waals surface area contributed by atoms with E-state index in [-0.39, 0.29) is 5.91 Å². The molecule has 0 atom stereocenters. The fourth-order valence-corrected chi connectivity index (χ4v) is 3.79. The molecule has 29 heavy (non-hydrogen) atoms. The van der Waals surface area contributed by atoms with Gasteiger partial charge in [-0.05, 0) is 41.8 Å². The quantitative estimate of drug-likeness (QED) is 0.329. The van der Waals surface area contributed by atoms with Gasteiger partial charge in [0, 0.05) is 10.6 Å². The summed E-state index contributed by atoms with van der Waals surface area (Å²) in [5.74, 6) is 1.41. The molecule has 1 amide bonds. The Balaban J connectivity index is 1.86. The highest BCUT2D eigenvalue weighted by Gasteiger charge is 2.26. The second-order valence-corrected chi connectivity index (χ2v) is 8.17. The van der Waals surface area contributed by atoms with Crippen LogP contribution in [0.2, 0.25) is 5.02 Å². The summed E-state index contributed by atoms with van der Waals surface area (Å²) in [6.07, 6.45) is 3.97. The molecule has 0 unspecified atom stereocenters. The molecule has 0 spiro atoms. The molecule has 8 heteroatoms. The Hall–Kier alpha value is -2.35. The maximum atomic E-state index is 11.8. The maximum Gasteiger partial charge on any atom is 0.259 e. The molecule has 0 aromatic heterocycles. The third kappa shape index (κ3) is 5.38. The number of amides is 1. The molecule has 1 aliphatic heterocycles. The van der Waals surface area contributed by atoms with Crippen molar-refractivity contribution in [2.75, 3.05) is 12.9 Å². The normalized spacial score (nSPS) is 13.9. The summed E-state index contributed by atoms with van der Waals surface area (Å²) in [4.78, 5) is 11.8. The molecular weight excluding hydrogens is 428 g/mol. The van der Waals surface area contributed by atoms with Crippen LogP contribution in [-0.2, 0) is 17.8 Å². The van der Waals surface area contributed by atoms with Crippen LogP contribution in [0.1, 0.15) is 16.7 Å². The lowest BCUT2D eigenvalue weighted by Crippen LogP contribution is -2.22. The largest absolute Gasteiger partial charge is 0.493 e. The zero-order valence-corrected chi connectivity index (χ0v) is 18.1. The topological polar surface area (TPSA) is 51.1 Å². The third-order valence-electron chi connectivity index (χ3n) is 4.09. The van der Waals surface area contributed by atoms with Crippen molar-refractivity contribution in [3.8, 4) is 11.5 Å². The Morgan fingerprint density at radius 1 is 1.34 bits per heavy atom. The van der Waals surface area contributed by atoms with Crippen LogP contribution in [0, 0.1) is 0 Å². The van der Waals surface area contributed by atoms with Gasteiger partial charge in [0.2, 0.25) is 0 Å². The van der Waals surface area contributed by atoms with Gasteiger partial charge < -0.3 is 9.47 Å². The molecule has 0 radical (unpaired) electrons. The SMILES string of the molecule is C=CCc1cc(/C=N\N2C(=O)CSC2=S)cc(OC)c1OCc1ccc(Cl)cc1. The molecule has 5 nitrogen and oxygen atoms in total. The number of benzene rings is 2. The van der Waals surface area contributed by atoms with Crippen LogP contribution in [0.15, 0.2) is 54.2 Å². The molecule has 0 saturated carbocycles. The minimum absolute atomic E-state index is 0.127. The first-order valence-electron chi connectivity index (χ1n) is 8.74. The van der Waals surface area contributed by atoms with E-state index in [0.29, 0.717) is 39.6 Å². The zero-order valence-electron chi connectivity index (χ0n) is 15.8. The summed E-state index contributed by atoms with van der Waals surface area (Å²) in [7, 11) is 1.58. The van der Waals surface area contributed by atoms with Crippen molar-refractivity contribution in [3.63, 3.8) is 0 Å². The van der Waals surface area contributed by atoms with Gasteiger partial charge in [-0.2, -0.15) is 10.1 Å². The van der Waals surface area contributed by atoms with Crippen LogP contribution in [0.5, 0.6) is 11.5 Å². The van der Waals surface area contributed by atoms with E-state index in [1.54, 1.807) is 19.4 Å². The van der Waals surface area contributed by atoms with Gasteiger partial charge in [0.15, 0.2) is 15.8 Å². The first kappa shape index (κ1) is 21.4. The first-order valence-corrected chi connectivity index (χ1v) is 10.5. The summed E-state index contributed by atoms with van der Waals surface area (Å²) >= 11 is 12.4. The highest BCUT2D eigenvalue weighted by molar-refractivity contribution is 8.23. The molecule has 2 aromatic carbocycles. The van der Waals surface area contributed by atoms with Crippen LogP contribution in [0.4, 0.5) is 0 Å². The number of allylic oxidation sites excluding steroid dienone is 1. The number of rotatable bonds is 8. The van der Waals surface area contributed by atoms with Crippen LogP contribution < -0.4 is 9.47 Å². The van der Waals surface area contributed by atoms with Gasteiger partial charge in [-0.25, -0.2) is 0 Å². The summed E-state index contributed by atoms with van der Waals surface area (Å²) < 4.78 is 12.0. The van der Waals surface area contributed by atoms with Crippen molar-refractivity contribution in [3.05, 3.63) is 70.8 Å². The summed E-state index contributed by atoms with van der Waals surface area (Å²) in [6, 6.07) is 11.2. The lowest BCUT2D eigenvalue weighted by Gasteiger charge is -2.16. The highest BCUT2D eigenvalue weighted by atomic mass is 35.5. The van der Waals surface area contributed by atoms with E-state index in [1.807, 2.05) is 36.4 Å². The van der Waals surface area contributed by atoms with E-state index >= 15 is 0 Å². The van der Waals surface area contributed by atoms with Crippen LogP contribution in [0.25, 0.3) is 0 Å². The summed E-state index contributed by atoms with van der Waals surface area (Å²) in [5.41, 5.74) is 2.66. The minimum Gasteiger partial charge on any atom is -0.493 e. The predicted molar refractivity (Wildman–Crippen MR) is 122 cm³/mol. The second kappa shape index (κ2) is 9.91. The van der Waals surface area contributed by atoms with E-state index in [2.05, 4.69) is 11.7 Å². The van der Waals surface area contributed by atoms with Crippen LogP contribution >= 0.6 is 35.6 Å². The number of thiocarbonyl (C=S) groups is 1. The Morgan fingerprint density at radius 2 is 2.10 bits per heavy atom. The predicted octanol–water partition coefficient (Wildman–Crippen LogP) is 4.85. The van der Waals surface area contributed by atoms with Gasteiger partial charge in [-0.15, -0.1) is 6.58 Å². The number of ether oxygens (including phenoxy) is 2. The Kier molecular flexibility index (Phi) is 7.30. The number of halogens is 1. The number of hydrogen-bond acceptors (Lipinski definition) is 6. The number of carbonyl (C=O) groups is 1. The average Bonchev–Trinajstić information content (AvgIpc) is 3.04. The average molecular weight is 447 g/mol. The zero-order chi connectivity index (χ0) is 20.8. The van der Waals surface area contributed by atoms with Crippen molar-refractivity contribution in [2.45, 2.75) is 13.0 Å². The molecule has 0 bridgehead atoms. The fraction of sp³-hybridized carbons (Fsp3) is 0.190. The fourth-order valence-electron chi connectivity index (χ4n) is 2.70. The number of hydrogen-bond donors (Lipinski definition) is 0. The smallest absolute Gasteiger partial charge is 0.259 e. The molecule has 150 valence electrons. The van der Waals surface area contributed by atoms with Crippen molar-refractivity contribution < 1.29 is 14.3 Å². The van der Waals surface area contributed by atoms with Gasteiger partial charge in [-0.1, -0.05) is 53.8 Å². The molecule has 3 rings (SSSR count). The molecule has 1 saturated heterocycles. The number of nitrogens with zero attached hydrogens (tertiary/aromatic N) is 2. The van der Waals surface area contributed by atoms with Gasteiger partial charge in [-0.3, -0.25) is 4.79 Å². The first-order chi connectivity index (χ1) is 14.0.